The lowest BCUT2D eigenvalue weighted by Crippen LogP contribution is -2.47. The Morgan fingerprint density at radius 2 is 2.00 bits per heavy atom. The summed E-state index contributed by atoms with van der Waals surface area (Å²) in [5.41, 5.74) is -0.458. The monoisotopic (exact) mass is 227 g/mol. The van der Waals surface area contributed by atoms with Crippen LogP contribution in [0.15, 0.2) is 0 Å². The van der Waals surface area contributed by atoms with E-state index in [9.17, 15) is 0 Å². The molecule has 3 unspecified atom stereocenters. The average molecular weight is 227 g/mol. The highest BCUT2D eigenvalue weighted by atomic mass is 16.5. The Bertz CT molecular complexity index is 239. The van der Waals surface area contributed by atoms with Gasteiger partial charge < -0.3 is 10.1 Å². The van der Waals surface area contributed by atoms with Gasteiger partial charge in [0.2, 0.25) is 0 Å². The molecule has 0 aliphatic rings. The van der Waals surface area contributed by atoms with E-state index in [0.717, 1.165) is 6.42 Å². The molecule has 0 fully saturated rings. The van der Waals surface area contributed by atoms with E-state index in [1.165, 1.54) is 0 Å². The molecule has 0 saturated heterocycles. The highest BCUT2D eigenvalue weighted by molar-refractivity contribution is 5.04. The largest absolute Gasteiger partial charge is 0.383 e. The minimum absolute atomic E-state index is 0.335. The van der Waals surface area contributed by atoms with Gasteiger partial charge in [0.05, 0.1) is 12.7 Å². The van der Waals surface area contributed by atoms with Crippen molar-refractivity contribution in [1.82, 2.24) is 10.2 Å². The Hall–Kier alpha value is -0.630. The zero-order valence-corrected chi connectivity index (χ0v) is 11.4. The smallest absolute Gasteiger partial charge is 0.105 e. The fraction of sp³-hybridized carbons (Fsp3) is 0.917. The molecule has 0 bridgehead atoms. The molecule has 1 N–H and O–H groups in total. The lowest BCUT2D eigenvalue weighted by atomic mass is 9.94. The van der Waals surface area contributed by atoms with Crippen LogP contribution in [0.3, 0.4) is 0 Å². The van der Waals surface area contributed by atoms with Crippen LogP contribution in [0.4, 0.5) is 0 Å². The van der Waals surface area contributed by atoms with E-state index in [2.05, 4.69) is 37.2 Å². The third-order valence-corrected chi connectivity index (χ3v) is 3.30. The molecule has 0 aromatic carbocycles. The molecule has 0 amide bonds. The molecular weight excluding hydrogens is 202 g/mol. The van der Waals surface area contributed by atoms with Crippen molar-refractivity contribution >= 4 is 0 Å². The summed E-state index contributed by atoms with van der Waals surface area (Å²) >= 11 is 0. The number of ether oxygens (including phenoxy) is 1. The van der Waals surface area contributed by atoms with Crippen molar-refractivity contribution in [3.63, 3.8) is 0 Å². The fourth-order valence-electron chi connectivity index (χ4n) is 1.73. The Kier molecular flexibility index (Phi) is 6.58. The predicted octanol–water partition coefficient (Wildman–Crippen LogP) is 1.23. The van der Waals surface area contributed by atoms with E-state index in [1.54, 1.807) is 7.11 Å². The Balaban J connectivity index is 4.35. The normalized spacial score (nSPS) is 18.9. The number of hydrogen-bond acceptors (Lipinski definition) is 4. The topological polar surface area (TPSA) is 48.3 Å². The summed E-state index contributed by atoms with van der Waals surface area (Å²) in [5, 5.41) is 12.2. The van der Waals surface area contributed by atoms with Gasteiger partial charge in [0.1, 0.15) is 5.54 Å². The van der Waals surface area contributed by atoms with Crippen LogP contribution in [-0.2, 0) is 4.74 Å². The van der Waals surface area contributed by atoms with Crippen LogP contribution in [-0.4, -0.2) is 50.3 Å². The molecule has 0 aliphatic carbocycles. The fourth-order valence-corrected chi connectivity index (χ4v) is 1.73. The molecule has 94 valence electrons. The summed E-state index contributed by atoms with van der Waals surface area (Å²) < 4.78 is 5.14. The number of likely N-dealkylation sites (N-methyl/N-ethyl adjacent to an activating group) is 1. The maximum absolute atomic E-state index is 9.10. The highest BCUT2D eigenvalue weighted by Crippen LogP contribution is 2.16. The van der Waals surface area contributed by atoms with Crippen LogP contribution in [0.5, 0.6) is 0 Å². The molecular formula is C12H25N3O. The molecule has 0 aliphatic heterocycles. The van der Waals surface area contributed by atoms with Gasteiger partial charge in [-0.05, 0) is 41.3 Å². The predicted molar refractivity (Wildman–Crippen MR) is 66.3 cm³/mol. The second kappa shape index (κ2) is 6.85. The molecule has 0 heterocycles. The van der Waals surface area contributed by atoms with Crippen LogP contribution < -0.4 is 5.32 Å². The summed E-state index contributed by atoms with van der Waals surface area (Å²) in [7, 11) is 5.61. The minimum Gasteiger partial charge on any atom is -0.383 e. The van der Waals surface area contributed by atoms with Crippen LogP contribution in [0.25, 0.3) is 0 Å². The van der Waals surface area contributed by atoms with Crippen molar-refractivity contribution in [3.05, 3.63) is 0 Å². The van der Waals surface area contributed by atoms with Gasteiger partial charge in [-0.15, -0.1) is 0 Å². The molecule has 4 nitrogen and oxygen atoms in total. The van der Waals surface area contributed by atoms with Gasteiger partial charge in [0.25, 0.3) is 0 Å². The zero-order valence-electron chi connectivity index (χ0n) is 11.4. The summed E-state index contributed by atoms with van der Waals surface area (Å²) in [6, 6.07) is 3.01. The maximum atomic E-state index is 9.10. The molecule has 16 heavy (non-hydrogen) atoms. The number of nitrogens with one attached hydrogen (secondary N) is 1. The van der Waals surface area contributed by atoms with Crippen molar-refractivity contribution < 1.29 is 4.74 Å². The van der Waals surface area contributed by atoms with Crippen LogP contribution in [0.2, 0.25) is 0 Å². The van der Waals surface area contributed by atoms with Crippen molar-refractivity contribution in [2.45, 2.75) is 44.8 Å². The van der Waals surface area contributed by atoms with Crippen molar-refractivity contribution in [2.24, 2.45) is 0 Å². The lowest BCUT2D eigenvalue weighted by Gasteiger charge is -2.34. The van der Waals surface area contributed by atoms with E-state index in [4.69, 9.17) is 10.00 Å². The van der Waals surface area contributed by atoms with Crippen LogP contribution in [0.1, 0.15) is 27.2 Å². The zero-order chi connectivity index (χ0) is 12.8. The third-order valence-electron chi connectivity index (χ3n) is 3.30. The second-order valence-corrected chi connectivity index (χ2v) is 4.72. The minimum atomic E-state index is -0.458. The molecule has 4 heteroatoms. The van der Waals surface area contributed by atoms with Crippen molar-refractivity contribution in [3.8, 4) is 6.07 Å². The van der Waals surface area contributed by atoms with Gasteiger partial charge >= 0.3 is 0 Å². The Morgan fingerprint density at radius 3 is 2.38 bits per heavy atom. The first-order valence-electron chi connectivity index (χ1n) is 5.71. The molecule has 0 aromatic rings. The van der Waals surface area contributed by atoms with Crippen molar-refractivity contribution in [2.75, 3.05) is 27.8 Å². The standard InChI is InChI=1S/C12H25N3O/c1-10(7-12(3,9-13)14-4)15(5)11(2)8-16-6/h10-11,14H,7-8H2,1-6H3. The van der Waals surface area contributed by atoms with Crippen LogP contribution in [0, 0.1) is 11.3 Å². The quantitative estimate of drug-likeness (QED) is 0.711. The van der Waals surface area contributed by atoms with Gasteiger partial charge in [-0.2, -0.15) is 5.26 Å². The SMILES string of the molecule is CNC(C)(C#N)CC(C)N(C)C(C)COC. The molecule has 0 spiro atoms. The molecule has 0 radical (unpaired) electrons. The van der Waals surface area contributed by atoms with Gasteiger partial charge in [0.15, 0.2) is 0 Å². The molecule has 0 rings (SSSR count). The second-order valence-electron chi connectivity index (χ2n) is 4.72. The van der Waals surface area contributed by atoms with Crippen LogP contribution >= 0.6 is 0 Å². The lowest BCUT2D eigenvalue weighted by molar-refractivity contribution is 0.0856. The van der Waals surface area contributed by atoms with E-state index in [1.807, 2.05) is 14.0 Å². The van der Waals surface area contributed by atoms with Gasteiger partial charge in [0, 0.05) is 19.2 Å². The van der Waals surface area contributed by atoms with Crippen molar-refractivity contribution in [1.29, 1.82) is 5.26 Å². The maximum Gasteiger partial charge on any atom is 0.105 e. The Morgan fingerprint density at radius 1 is 1.44 bits per heavy atom. The summed E-state index contributed by atoms with van der Waals surface area (Å²) in [6.45, 7) is 6.91. The van der Waals surface area contributed by atoms with E-state index in [-0.39, 0.29) is 0 Å². The third kappa shape index (κ3) is 4.48. The van der Waals surface area contributed by atoms with E-state index in [0.29, 0.717) is 18.7 Å². The first-order valence-corrected chi connectivity index (χ1v) is 5.71. The molecule has 0 saturated carbocycles. The van der Waals surface area contributed by atoms with E-state index < -0.39 is 5.54 Å². The number of rotatable bonds is 7. The number of hydrogen-bond donors (Lipinski definition) is 1. The summed E-state index contributed by atoms with van der Waals surface area (Å²) in [4.78, 5) is 2.25. The number of nitrogens with zero attached hydrogens (tertiary/aromatic N) is 2. The first-order chi connectivity index (χ1) is 7.40. The molecule has 0 aromatic heterocycles. The summed E-state index contributed by atoms with van der Waals surface area (Å²) in [5.74, 6) is 0. The Labute approximate surface area is 99.6 Å². The van der Waals surface area contributed by atoms with Gasteiger partial charge in [-0.1, -0.05) is 0 Å². The van der Waals surface area contributed by atoms with Gasteiger partial charge in [-0.3, -0.25) is 4.90 Å². The van der Waals surface area contributed by atoms with E-state index >= 15 is 0 Å². The summed E-state index contributed by atoms with van der Waals surface area (Å²) in [6.07, 6.45) is 0.796. The highest BCUT2D eigenvalue weighted by Gasteiger charge is 2.27. The molecule has 3 atom stereocenters. The number of nitriles is 1. The first kappa shape index (κ1) is 15.4. The average Bonchev–Trinajstić information content (AvgIpc) is 2.28. The van der Waals surface area contributed by atoms with Gasteiger partial charge in [-0.25, -0.2) is 0 Å². The number of methoxy groups -OCH3 is 1.